The first-order chi connectivity index (χ1) is 12.2. The molecule has 25 heavy (non-hydrogen) atoms. The minimum atomic E-state index is -0.726. The molecule has 0 aliphatic heterocycles. The third-order valence-corrected chi connectivity index (χ3v) is 4.32. The maximum absolute atomic E-state index is 14.7. The Bertz CT molecular complexity index is 796. The van der Waals surface area contributed by atoms with Gasteiger partial charge in [-0.3, -0.25) is 4.79 Å². The van der Waals surface area contributed by atoms with Crippen molar-refractivity contribution in [1.82, 2.24) is 10.2 Å². The molecule has 2 aromatic rings. The van der Waals surface area contributed by atoms with Gasteiger partial charge in [0.05, 0.1) is 5.56 Å². The van der Waals surface area contributed by atoms with Crippen molar-refractivity contribution in [2.45, 2.75) is 32.6 Å². The highest BCUT2D eigenvalue weighted by Gasteiger charge is 2.24. The number of carbonyl (C=O) groups excluding carboxylic acids is 1. The predicted octanol–water partition coefficient (Wildman–Crippen LogP) is 2.93. The van der Waals surface area contributed by atoms with E-state index in [-0.39, 0.29) is 18.1 Å². The number of nitrogen functional groups attached to an aromatic ring is 1. The second-order valence-electron chi connectivity index (χ2n) is 5.82. The van der Waals surface area contributed by atoms with E-state index in [1.807, 2.05) is 6.92 Å². The van der Waals surface area contributed by atoms with E-state index in [4.69, 9.17) is 15.2 Å². The van der Waals surface area contributed by atoms with Crippen LogP contribution in [0.3, 0.4) is 0 Å². The number of hydrogen-bond donors (Lipinski definition) is 1. The summed E-state index contributed by atoms with van der Waals surface area (Å²) in [5.74, 6) is -0.361. The highest BCUT2D eigenvalue weighted by Crippen LogP contribution is 2.38. The predicted molar refractivity (Wildman–Crippen MR) is 91.0 cm³/mol. The number of fused-ring (bicyclic) bond motifs is 1. The van der Waals surface area contributed by atoms with Crippen LogP contribution in [0.5, 0.6) is 5.75 Å². The minimum Gasteiger partial charge on any atom is -0.464 e. The van der Waals surface area contributed by atoms with Crippen molar-refractivity contribution in [3.8, 4) is 17.0 Å². The molecule has 0 fully saturated rings. The zero-order valence-electron chi connectivity index (χ0n) is 14.0. The summed E-state index contributed by atoms with van der Waals surface area (Å²) >= 11 is 0. The van der Waals surface area contributed by atoms with Crippen LogP contribution in [-0.2, 0) is 17.6 Å². The molecule has 1 aliphatic rings. The molecule has 6 nitrogen and oxygen atoms in total. The molecule has 1 aromatic heterocycles. The van der Waals surface area contributed by atoms with Gasteiger partial charge in [0.1, 0.15) is 11.5 Å². The lowest BCUT2D eigenvalue weighted by atomic mass is 9.89. The fraction of sp³-hybridized carbons (Fsp3) is 0.389. The molecule has 0 spiro atoms. The molecule has 0 saturated carbocycles. The van der Waals surface area contributed by atoms with Gasteiger partial charge in [0.15, 0.2) is 24.6 Å². The van der Waals surface area contributed by atoms with Crippen LogP contribution < -0.4 is 10.5 Å². The summed E-state index contributed by atoms with van der Waals surface area (Å²) < 4.78 is 25.3. The van der Waals surface area contributed by atoms with Gasteiger partial charge in [-0.1, -0.05) is 0 Å². The Morgan fingerprint density at radius 3 is 2.72 bits per heavy atom. The normalized spacial score (nSPS) is 13.4. The van der Waals surface area contributed by atoms with Crippen molar-refractivity contribution in [1.29, 1.82) is 0 Å². The van der Waals surface area contributed by atoms with Crippen LogP contribution in [0.25, 0.3) is 11.3 Å². The molecule has 0 atom stereocenters. The standard InChI is InChI=1S/C18H20FN3O3/c1-2-24-10-25-17-14(8-7-11(9-23)15(17)19)16-12-5-3-4-6-13(12)18(20)22-21-16/h7-9H,2-6,10H2,1H3,(H2,20,22). The van der Waals surface area contributed by atoms with Crippen molar-refractivity contribution in [2.75, 3.05) is 19.1 Å². The fourth-order valence-corrected chi connectivity index (χ4v) is 3.06. The maximum Gasteiger partial charge on any atom is 0.189 e. The molecule has 3 rings (SSSR count). The van der Waals surface area contributed by atoms with Crippen LogP contribution in [0, 0.1) is 5.82 Å². The molecule has 0 amide bonds. The highest BCUT2D eigenvalue weighted by atomic mass is 19.1. The van der Waals surface area contributed by atoms with E-state index in [0.29, 0.717) is 30.0 Å². The van der Waals surface area contributed by atoms with Gasteiger partial charge in [-0.2, -0.15) is 0 Å². The zero-order valence-corrected chi connectivity index (χ0v) is 14.0. The number of carbonyl (C=O) groups is 1. The van der Waals surface area contributed by atoms with Gasteiger partial charge in [-0.15, -0.1) is 10.2 Å². The van der Waals surface area contributed by atoms with Crippen molar-refractivity contribution < 1.29 is 18.7 Å². The number of benzene rings is 1. The number of rotatable bonds is 6. The van der Waals surface area contributed by atoms with Crippen LogP contribution in [0.1, 0.15) is 41.3 Å². The molecule has 0 bridgehead atoms. The summed E-state index contributed by atoms with van der Waals surface area (Å²) in [5, 5.41) is 8.22. The second-order valence-corrected chi connectivity index (χ2v) is 5.82. The first-order valence-electron chi connectivity index (χ1n) is 8.29. The summed E-state index contributed by atoms with van der Waals surface area (Å²) in [6, 6.07) is 3.04. The molecule has 1 heterocycles. The van der Waals surface area contributed by atoms with E-state index in [1.165, 1.54) is 6.07 Å². The summed E-state index contributed by atoms with van der Waals surface area (Å²) in [7, 11) is 0. The number of aldehydes is 1. The van der Waals surface area contributed by atoms with E-state index < -0.39 is 5.82 Å². The Balaban J connectivity index is 2.13. The van der Waals surface area contributed by atoms with Crippen LogP contribution in [0.15, 0.2) is 12.1 Å². The minimum absolute atomic E-state index is 0.0510. The van der Waals surface area contributed by atoms with E-state index in [2.05, 4.69) is 10.2 Å². The second kappa shape index (κ2) is 7.57. The lowest BCUT2D eigenvalue weighted by Gasteiger charge is -2.21. The number of anilines is 1. The van der Waals surface area contributed by atoms with E-state index in [1.54, 1.807) is 6.07 Å². The first-order valence-corrected chi connectivity index (χ1v) is 8.29. The van der Waals surface area contributed by atoms with Gasteiger partial charge >= 0.3 is 0 Å². The summed E-state index contributed by atoms with van der Waals surface area (Å²) in [4.78, 5) is 11.1. The summed E-state index contributed by atoms with van der Waals surface area (Å²) in [6.07, 6.45) is 4.13. The Morgan fingerprint density at radius 2 is 2.00 bits per heavy atom. The molecule has 7 heteroatoms. The Labute approximate surface area is 145 Å². The maximum atomic E-state index is 14.7. The van der Waals surface area contributed by atoms with Crippen molar-refractivity contribution in [3.63, 3.8) is 0 Å². The SMILES string of the molecule is CCOCOc1c(-c2nnc(N)c3c2CCCC3)ccc(C=O)c1F. The average molecular weight is 345 g/mol. The van der Waals surface area contributed by atoms with Crippen molar-refractivity contribution in [2.24, 2.45) is 0 Å². The number of ether oxygens (including phenoxy) is 2. The third kappa shape index (κ3) is 3.32. The smallest absolute Gasteiger partial charge is 0.189 e. The van der Waals surface area contributed by atoms with Gasteiger partial charge in [0.2, 0.25) is 0 Å². The van der Waals surface area contributed by atoms with Crippen LogP contribution >= 0.6 is 0 Å². The topological polar surface area (TPSA) is 87.3 Å². The first kappa shape index (κ1) is 17.3. The molecule has 1 aromatic carbocycles. The highest BCUT2D eigenvalue weighted by molar-refractivity contribution is 5.81. The van der Waals surface area contributed by atoms with E-state index in [9.17, 15) is 9.18 Å². The van der Waals surface area contributed by atoms with Crippen LogP contribution in [-0.4, -0.2) is 29.9 Å². The summed E-state index contributed by atoms with van der Waals surface area (Å²) in [5.41, 5.74) is 8.81. The molecule has 0 radical (unpaired) electrons. The molecule has 0 saturated heterocycles. The van der Waals surface area contributed by atoms with Crippen molar-refractivity contribution >= 4 is 12.1 Å². The number of nitrogens with two attached hydrogens (primary N) is 1. The number of nitrogens with zero attached hydrogens (tertiary/aromatic N) is 2. The third-order valence-electron chi connectivity index (χ3n) is 4.32. The van der Waals surface area contributed by atoms with Crippen LogP contribution in [0.4, 0.5) is 10.2 Å². The lowest BCUT2D eigenvalue weighted by molar-refractivity contribution is 0.0204. The number of aromatic nitrogens is 2. The Hall–Kier alpha value is -2.54. The van der Waals surface area contributed by atoms with Crippen LogP contribution in [0.2, 0.25) is 0 Å². The lowest BCUT2D eigenvalue weighted by Crippen LogP contribution is -2.13. The Morgan fingerprint density at radius 1 is 1.24 bits per heavy atom. The largest absolute Gasteiger partial charge is 0.464 e. The van der Waals surface area contributed by atoms with Gasteiger partial charge in [0.25, 0.3) is 0 Å². The molecular weight excluding hydrogens is 325 g/mol. The monoisotopic (exact) mass is 345 g/mol. The molecule has 2 N–H and O–H groups in total. The van der Waals surface area contributed by atoms with Crippen molar-refractivity contribution in [3.05, 3.63) is 34.6 Å². The quantitative estimate of drug-likeness (QED) is 0.492. The van der Waals surface area contributed by atoms with Gasteiger partial charge in [-0.25, -0.2) is 4.39 Å². The Kier molecular flexibility index (Phi) is 5.23. The summed E-state index contributed by atoms with van der Waals surface area (Å²) in [6.45, 7) is 2.12. The zero-order chi connectivity index (χ0) is 17.8. The number of halogens is 1. The van der Waals surface area contributed by atoms with Gasteiger partial charge < -0.3 is 15.2 Å². The van der Waals surface area contributed by atoms with E-state index >= 15 is 0 Å². The average Bonchev–Trinajstić information content (AvgIpc) is 2.64. The molecule has 0 unspecified atom stereocenters. The molecule has 1 aliphatic carbocycles. The number of hydrogen-bond acceptors (Lipinski definition) is 6. The fourth-order valence-electron chi connectivity index (χ4n) is 3.06. The van der Waals surface area contributed by atoms with E-state index in [0.717, 1.165) is 36.8 Å². The molecule has 132 valence electrons. The molecular formula is C18H20FN3O3. The van der Waals surface area contributed by atoms with Gasteiger partial charge in [0, 0.05) is 17.7 Å². The van der Waals surface area contributed by atoms with Gasteiger partial charge in [-0.05, 0) is 50.3 Å².